The fourth-order valence-corrected chi connectivity index (χ4v) is 2.47. The number of benzene rings is 1. The van der Waals surface area contributed by atoms with Gasteiger partial charge in [-0.15, -0.1) is 0 Å². The molecule has 3 atom stereocenters. The summed E-state index contributed by atoms with van der Waals surface area (Å²) in [6.45, 7) is 3.49. The molecule has 0 fully saturated rings. The van der Waals surface area contributed by atoms with Gasteiger partial charge in [-0.2, -0.15) is 0 Å². The lowest BCUT2D eigenvalue weighted by Gasteiger charge is -2.26. The molecule has 0 aromatic heterocycles. The highest BCUT2D eigenvalue weighted by molar-refractivity contribution is 5.73. The Hall–Kier alpha value is -2.15. The topological polar surface area (TPSA) is 144 Å². The zero-order valence-electron chi connectivity index (χ0n) is 11.9. The summed E-state index contributed by atoms with van der Waals surface area (Å²) in [6.07, 6.45) is 0.694. The van der Waals surface area contributed by atoms with Crippen molar-refractivity contribution in [3.63, 3.8) is 0 Å². The summed E-state index contributed by atoms with van der Waals surface area (Å²) in [5, 5.41) is 47.7. The van der Waals surface area contributed by atoms with Crippen LogP contribution in [-0.2, 0) is 4.79 Å². The van der Waals surface area contributed by atoms with Crippen LogP contribution >= 0.6 is 0 Å². The molecule has 7 nitrogen and oxygen atoms in total. The summed E-state index contributed by atoms with van der Waals surface area (Å²) < 4.78 is 0. The Bertz CT molecular complexity index is 504. The van der Waals surface area contributed by atoms with Gasteiger partial charge >= 0.3 is 5.97 Å². The highest BCUT2D eigenvalue weighted by Crippen LogP contribution is 2.48. The van der Waals surface area contributed by atoms with E-state index < -0.39 is 40.9 Å². The van der Waals surface area contributed by atoms with Gasteiger partial charge in [-0.3, -0.25) is 4.79 Å². The van der Waals surface area contributed by atoms with Crippen LogP contribution < -0.4 is 5.73 Å². The number of phenolic OH excluding ortho intramolecular Hbond substituents is 4. The summed E-state index contributed by atoms with van der Waals surface area (Å²) >= 11 is 0. The van der Waals surface area contributed by atoms with Crippen LogP contribution in [0.25, 0.3) is 0 Å². The van der Waals surface area contributed by atoms with Gasteiger partial charge in [-0.25, -0.2) is 0 Å². The molecule has 0 aliphatic heterocycles. The van der Waals surface area contributed by atoms with Crippen LogP contribution in [0.5, 0.6) is 23.0 Å². The van der Waals surface area contributed by atoms with Crippen LogP contribution in [0.15, 0.2) is 6.07 Å². The van der Waals surface area contributed by atoms with Gasteiger partial charge in [-0.05, 0) is 18.3 Å². The number of rotatable bonds is 6. The lowest BCUT2D eigenvalue weighted by Crippen LogP contribution is -2.33. The van der Waals surface area contributed by atoms with Gasteiger partial charge in [0.15, 0.2) is 23.0 Å². The van der Waals surface area contributed by atoms with Gasteiger partial charge in [0.25, 0.3) is 0 Å². The van der Waals surface area contributed by atoms with Crippen LogP contribution in [-0.4, -0.2) is 37.5 Å². The molecular formula is C14H21NO6. The van der Waals surface area contributed by atoms with E-state index in [0.717, 1.165) is 6.07 Å². The number of hydrogen-bond donors (Lipinski definition) is 6. The van der Waals surface area contributed by atoms with Crippen LogP contribution in [0, 0.1) is 5.92 Å². The van der Waals surface area contributed by atoms with Crippen molar-refractivity contribution in [1.82, 2.24) is 0 Å². The Kier molecular flexibility index (Phi) is 5.26. The van der Waals surface area contributed by atoms with Gasteiger partial charge in [0, 0.05) is 11.6 Å². The molecule has 0 saturated carbocycles. The number of phenols is 4. The average Bonchev–Trinajstić information content (AvgIpc) is 2.42. The normalized spacial score (nSPS) is 15.4. The SMILES string of the molecule is CCC(CC(N)C(=O)O)C(C)c1c(O)c(O)cc(O)c1O. The van der Waals surface area contributed by atoms with E-state index in [1.165, 1.54) is 0 Å². The van der Waals surface area contributed by atoms with Crippen molar-refractivity contribution in [3.05, 3.63) is 11.6 Å². The molecule has 1 aromatic rings. The number of aromatic hydroxyl groups is 4. The Morgan fingerprint density at radius 2 is 1.67 bits per heavy atom. The minimum absolute atomic E-state index is 0.0167. The number of carboxylic acids is 1. The van der Waals surface area contributed by atoms with E-state index in [4.69, 9.17) is 10.8 Å². The van der Waals surface area contributed by atoms with Crippen LogP contribution in [0.1, 0.15) is 38.2 Å². The van der Waals surface area contributed by atoms with Crippen molar-refractivity contribution < 1.29 is 30.3 Å². The van der Waals surface area contributed by atoms with E-state index in [2.05, 4.69) is 0 Å². The largest absolute Gasteiger partial charge is 0.504 e. The monoisotopic (exact) mass is 299 g/mol. The van der Waals surface area contributed by atoms with E-state index >= 15 is 0 Å². The Morgan fingerprint density at radius 1 is 1.19 bits per heavy atom. The molecule has 0 aliphatic rings. The van der Waals surface area contributed by atoms with Crippen molar-refractivity contribution in [3.8, 4) is 23.0 Å². The maximum Gasteiger partial charge on any atom is 0.320 e. The maximum atomic E-state index is 10.8. The number of carboxylic acid groups (broad SMARTS) is 1. The quantitative estimate of drug-likeness (QED) is 0.344. The molecule has 0 aliphatic carbocycles. The number of nitrogens with two attached hydrogens (primary N) is 1. The third-order valence-corrected chi connectivity index (χ3v) is 3.83. The molecular weight excluding hydrogens is 278 g/mol. The first-order chi connectivity index (χ1) is 9.70. The van der Waals surface area contributed by atoms with E-state index in [1.54, 1.807) is 6.92 Å². The first kappa shape index (κ1) is 16.9. The van der Waals surface area contributed by atoms with Gasteiger partial charge in [0.1, 0.15) is 6.04 Å². The highest BCUT2D eigenvalue weighted by Gasteiger charge is 2.29. The highest BCUT2D eigenvalue weighted by atomic mass is 16.4. The average molecular weight is 299 g/mol. The molecule has 1 rings (SSSR count). The second-order valence-corrected chi connectivity index (χ2v) is 5.16. The van der Waals surface area contributed by atoms with Crippen molar-refractivity contribution in [2.24, 2.45) is 11.7 Å². The van der Waals surface area contributed by atoms with Gasteiger partial charge in [0.05, 0.1) is 0 Å². The summed E-state index contributed by atoms with van der Waals surface area (Å²) in [4.78, 5) is 10.8. The molecule has 0 saturated heterocycles. The summed E-state index contributed by atoms with van der Waals surface area (Å²) in [7, 11) is 0. The minimum Gasteiger partial charge on any atom is -0.504 e. The zero-order valence-corrected chi connectivity index (χ0v) is 11.9. The van der Waals surface area contributed by atoms with Crippen molar-refractivity contribution in [1.29, 1.82) is 0 Å². The third kappa shape index (κ3) is 3.49. The van der Waals surface area contributed by atoms with Gasteiger partial charge < -0.3 is 31.3 Å². The second kappa shape index (κ2) is 6.53. The molecule has 1 aromatic carbocycles. The van der Waals surface area contributed by atoms with Crippen LogP contribution in [0.4, 0.5) is 0 Å². The van der Waals surface area contributed by atoms with Crippen molar-refractivity contribution in [2.45, 2.75) is 38.6 Å². The van der Waals surface area contributed by atoms with E-state index in [-0.39, 0.29) is 17.9 Å². The van der Waals surface area contributed by atoms with Crippen molar-refractivity contribution >= 4 is 5.97 Å². The Morgan fingerprint density at radius 3 is 2.05 bits per heavy atom. The molecule has 0 bridgehead atoms. The predicted molar refractivity (Wildman–Crippen MR) is 75.5 cm³/mol. The fourth-order valence-electron chi connectivity index (χ4n) is 2.47. The molecule has 0 heterocycles. The summed E-state index contributed by atoms with van der Waals surface area (Å²) in [5.41, 5.74) is 5.50. The molecule has 0 spiro atoms. The Labute approximate surface area is 122 Å². The minimum atomic E-state index is -1.13. The number of hydrogen-bond acceptors (Lipinski definition) is 6. The van der Waals surface area contributed by atoms with E-state index in [0.29, 0.717) is 6.42 Å². The second-order valence-electron chi connectivity index (χ2n) is 5.16. The molecule has 7 heteroatoms. The standard InChI is InChI=1S/C14H21NO6/c1-3-7(4-8(15)14(20)21)6(2)11-12(18)9(16)5-10(17)13(11)19/h5-8,16-19H,3-4,15H2,1-2H3,(H,20,21). The molecule has 0 amide bonds. The molecule has 3 unspecified atom stereocenters. The summed E-state index contributed by atoms with van der Waals surface area (Å²) in [5.74, 6) is -4.05. The lowest BCUT2D eigenvalue weighted by molar-refractivity contribution is -0.139. The summed E-state index contributed by atoms with van der Waals surface area (Å²) in [6, 6.07) is -0.224. The molecule has 7 N–H and O–H groups in total. The maximum absolute atomic E-state index is 10.8. The van der Waals surface area contributed by atoms with E-state index in [1.807, 2.05) is 6.92 Å². The predicted octanol–water partition coefficient (Wildman–Crippen LogP) is 1.44. The number of carbonyl (C=O) groups is 1. The lowest BCUT2D eigenvalue weighted by atomic mass is 9.81. The van der Waals surface area contributed by atoms with E-state index in [9.17, 15) is 25.2 Å². The molecule has 21 heavy (non-hydrogen) atoms. The van der Waals surface area contributed by atoms with Crippen molar-refractivity contribution in [2.75, 3.05) is 0 Å². The Balaban J connectivity index is 3.16. The van der Waals surface area contributed by atoms with Gasteiger partial charge in [0.2, 0.25) is 0 Å². The van der Waals surface area contributed by atoms with Crippen LogP contribution in [0.2, 0.25) is 0 Å². The first-order valence-corrected chi connectivity index (χ1v) is 6.65. The first-order valence-electron chi connectivity index (χ1n) is 6.65. The zero-order chi connectivity index (χ0) is 16.3. The third-order valence-electron chi connectivity index (χ3n) is 3.83. The number of aliphatic carboxylic acids is 1. The molecule has 118 valence electrons. The fraction of sp³-hybridized carbons (Fsp3) is 0.500. The van der Waals surface area contributed by atoms with Gasteiger partial charge in [-0.1, -0.05) is 20.3 Å². The molecule has 0 radical (unpaired) electrons. The van der Waals surface area contributed by atoms with Crippen LogP contribution in [0.3, 0.4) is 0 Å². The smallest absolute Gasteiger partial charge is 0.320 e.